The number of rotatable bonds is 10. The van der Waals surface area contributed by atoms with Gasteiger partial charge in [0.2, 0.25) is 0 Å². The van der Waals surface area contributed by atoms with Gasteiger partial charge in [0.15, 0.2) is 0 Å². The monoisotopic (exact) mass is 712 g/mol. The zero-order chi connectivity index (χ0) is 36.0. The predicted molar refractivity (Wildman–Crippen MR) is 174 cm³/mol. The highest BCUT2D eigenvalue weighted by Crippen LogP contribution is 2.73. The summed E-state index contributed by atoms with van der Waals surface area (Å²) in [5, 5.41) is 20.2. The summed E-state index contributed by atoms with van der Waals surface area (Å²) in [7, 11) is 0. The van der Waals surface area contributed by atoms with Gasteiger partial charge in [-0.25, -0.2) is 0 Å². The molecule has 0 amide bonds. The number of cyclic esters (lactones) is 2. The first-order valence-corrected chi connectivity index (χ1v) is 19.6. The van der Waals surface area contributed by atoms with Gasteiger partial charge in [-0.1, -0.05) is 26.7 Å². The molecular formula is C39H52O12. The van der Waals surface area contributed by atoms with Crippen LogP contribution >= 0.6 is 0 Å². The minimum atomic E-state index is -1.03. The van der Waals surface area contributed by atoms with Crippen LogP contribution in [-0.4, -0.2) is 82.3 Å². The summed E-state index contributed by atoms with van der Waals surface area (Å²) in [5.41, 5.74) is -0.542. The smallest absolute Gasteiger partial charge is 0.317 e. The fourth-order valence-electron chi connectivity index (χ4n) is 13.8. The van der Waals surface area contributed by atoms with Crippen molar-refractivity contribution in [3.8, 4) is 0 Å². The maximum Gasteiger partial charge on any atom is 0.317 e. The number of hydrogen-bond acceptors (Lipinski definition) is 10. The van der Waals surface area contributed by atoms with Crippen LogP contribution in [0.1, 0.15) is 79.6 Å². The van der Waals surface area contributed by atoms with Crippen LogP contribution in [0, 0.1) is 88.8 Å². The van der Waals surface area contributed by atoms with Crippen molar-refractivity contribution in [3.63, 3.8) is 0 Å². The number of esters is 3. The number of aliphatic carboxylic acids is 2. The lowest BCUT2D eigenvalue weighted by atomic mass is 9.53. The summed E-state index contributed by atoms with van der Waals surface area (Å²) in [6, 6.07) is 0. The van der Waals surface area contributed by atoms with Crippen molar-refractivity contribution >= 4 is 29.8 Å². The fourth-order valence-corrected chi connectivity index (χ4v) is 13.8. The van der Waals surface area contributed by atoms with Gasteiger partial charge in [0.05, 0.1) is 66.2 Å². The molecule has 0 spiro atoms. The first-order valence-electron chi connectivity index (χ1n) is 19.6. The fraction of sp³-hybridized carbons (Fsp3) is 0.872. The zero-order valence-electron chi connectivity index (χ0n) is 30.1. The van der Waals surface area contributed by atoms with Crippen LogP contribution in [0.2, 0.25) is 0 Å². The molecular weight excluding hydrogens is 660 g/mol. The second-order valence-corrected chi connectivity index (χ2v) is 18.8. The normalized spacial score (nSPS) is 52.5. The molecule has 2 aliphatic carbocycles. The predicted octanol–water partition coefficient (Wildman–Crippen LogP) is 3.96. The maximum absolute atomic E-state index is 13.0. The van der Waals surface area contributed by atoms with Crippen LogP contribution < -0.4 is 0 Å². The van der Waals surface area contributed by atoms with E-state index in [1.807, 2.05) is 20.8 Å². The Kier molecular flexibility index (Phi) is 7.86. The molecule has 9 fully saturated rings. The van der Waals surface area contributed by atoms with Gasteiger partial charge in [0, 0.05) is 11.8 Å². The van der Waals surface area contributed by atoms with Gasteiger partial charge in [-0.15, -0.1) is 0 Å². The van der Waals surface area contributed by atoms with Crippen molar-refractivity contribution in [2.75, 3.05) is 0 Å². The molecule has 9 rings (SSSR count). The van der Waals surface area contributed by atoms with E-state index in [4.69, 9.17) is 23.7 Å². The van der Waals surface area contributed by atoms with Gasteiger partial charge in [0.1, 0.15) is 5.60 Å². The third-order valence-electron chi connectivity index (χ3n) is 15.5. The van der Waals surface area contributed by atoms with Crippen LogP contribution in [0.4, 0.5) is 0 Å². The van der Waals surface area contributed by atoms with Crippen LogP contribution in [-0.2, 0) is 47.7 Å². The third kappa shape index (κ3) is 4.89. The molecule has 0 aromatic rings. The lowest BCUT2D eigenvalue weighted by Crippen LogP contribution is -2.55. The number of unbranched alkanes of at least 4 members (excludes halogenated alkanes) is 1. The van der Waals surface area contributed by atoms with Gasteiger partial charge in [0.25, 0.3) is 0 Å². The Balaban J connectivity index is 0.917. The van der Waals surface area contributed by atoms with E-state index >= 15 is 0 Å². The number of hydrogen-bond donors (Lipinski definition) is 2. The summed E-state index contributed by atoms with van der Waals surface area (Å²) < 4.78 is 30.8. The molecule has 0 aromatic carbocycles. The second-order valence-electron chi connectivity index (χ2n) is 18.8. The number of carboxylic acids is 2. The first kappa shape index (κ1) is 34.2. The number of ether oxygens (including phenoxy) is 5. The molecule has 9 aliphatic rings. The minimum Gasteiger partial charge on any atom is -0.481 e. The molecule has 12 heteroatoms. The minimum absolute atomic E-state index is 0.00686. The van der Waals surface area contributed by atoms with E-state index in [1.54, 1.807) is 6.92 Å². The van der Waals surface area contributed by atoms with Crippen molar-refractivity contribution in [2.24, 2.45) is 88.8 Å². The lowest BCUT2D eigenvalue weighted by Gasteiger charge is -2.46. The standard InChI is InChI=1S/C39H52O12/c1-13-15(29-21(12-22(13)47-29)38(46)51-39(3,4)5)8-6-7-9-16-18(10-17-14(2)36(44)50-37(17)45)31-28-27(30(16)48-31)32-23-19-11-20(24(23)33(28)49-32)26(35(42)43)25(19)34(40)41/h13-33H,6-12H2,1-5H3,(H,40,41)(H,42,43). The van der Waals surface area contributed by atoms with Crippen molar-refractivity contribution < 1.29 is 57.9 Å². The van der Waals surface area contributed by atoms with Gasteiger partial charge >= 0.3 is 29.8 Å². The zero-order valence-corrected chi connectivity index (χ0v) is 30.1. The second kappa shape index (κ2) is 11.7. The maximum atomic E-state index is 13.0. The molecule has 7 aliphatic heterocycles. The van der Waals surface area contributed by atoms with Crippen molar-refractivity contribution in [2.45, 2.75) is 122 Å². The summed E-state index contributed by atoms with van der Waals surface area (Å²) in [6.45, 7) is 9.67. The molecule has 0 radical (unpaired) electrons. The molecule has 2 saturated carbocycles. The average molecular weight is 713 g/mol. The molecule has 21 unspecified atom stereocenters. The highest BCUT2D eigenvalue weighted by molar-refractivity contribution is 5.96. The van der Waals surface area contributed by atoms with Crippen LogP contribution in [0.3, 0.4) is 0 Å². The number of carbonyl (C=O) groups excluding carboxylic acids is 3. The first-order chi connectivity index (χ1) is 24.2. The lowest BCUT2D eigenvalue weighted by molar-refractivity contribution is -0.163. The summed E-state index contributed by atoms with van der Waals surface area (Å²) in [4.78, 5) is 63.0. The number of fused-ring (bicyclic) bond motifs is 18. The van der Waals surface area contributed by atoms with E-state index in [0.717, 1.165) is 25.7 Å². The topological polar surface area (TPSA) is 172 Å². The number of carbonyl (C=O) groups is 5. The molecule has 2 N–H and O–H groups in total. The average Bonchev–Trinajstić information content (AvgIpc) is 3.90. The van der Waals surface area contributed by atoms with Gasteiger partial charge < -0.3 is 33.9 Å². The highest BCUT2D eigenvalue weighted by Gasteiger charge is 2.78. The Morgan fingerprint density at radius 1 is 0.725 bits per heavy atom. The molecule has 280 valence electrons. The molecule has 7 saturated heterocycles. The molecule has 51 heavy (non-hydrogen) atoms. The van der Waals surface area contributed by atoms with E-state index in [-0.39, 0.29) is 102 Å². The van der Waals surface area contributed by atoms with E-state index < -0.39 is 53.1 Å². The van der Waals surface area contributed by atoms with E-state index in [9.17, 15) is 34.2 Å². The Hall–Kier alpha value is -2.57. The van der Waals surface area contributed by atoms with Crippen molar-refractivity contribution in [1.82, 2.24) is 0 Å². The van der Waals surface area contributed by atoms with Crippen LogP contribution in [0.25, 0.3) is 0 Å². The van der Waals surface area contributed by atoms with Crippen molar-refractivity contribution in [1.29, 1.82) is 0 Å². The molecule has 0 aromatic heterocycles. The number of carboxylic acid groups (broad SMARTS) is 2. The molecule has 7 heterocycles. The largest absolute Gasteiger partial charge is 0.481 e. The third-order valence-corrected chi connectivity index (χ3v) is 15.5. The Labute approximate surface area is 298 Å². The van der Waals surface area contributed by atoms with Crippen molar-refractivity contribution in [3.05, 3.63) is 0 Å². The van der Waals surface area contributed by atoms with E-state index in [2.05, 4.69) is 6.92 Å². The Bertz CT molecular complexity index is 1520. The Morgan fingerprint density at radius 3 is 1.82 bits per heavy atom. The molecule has 21 atom stereocenters. The summed E-state index contributed by atoms with van der Waals surface area (Å²) in [5.74, 6) is -5.59. The van der Waals surface area contributed by atoms with Gasteiger partial charge in [-0.2, -0.15) is 0 Å². The summed E-state index contributed by atoms with van der Waals surface area (Å²) in [6.07, 6.45) is 4.95. The SMILES string of the molecule is CC1C(=O)OC(=O)C1CC1C(CCCCC2C(C)C3CC(C(=O)OC(C)(C)C)C2O3)C2OC1C1C3OC(C4C5CC(C(C(=O)O)C5C(=O)O)C34)C21. The molecule has 8 bridgehead atoms. The highest BCUT2D eigenvalue weighted by atomic mass is 16.6. The summed E-state index contributed by atoms with van der Waals surface area (Å²) >= 11 is 0. The van der Waals surface area contributed by atoms with Crippen LogP contribution in [0.5, 0.6) is 0 Å². The van der Waals surface area contributed by atoms with E-state index in [1.165, 1.54) is 0 Å². The quantitative estimate of drug-likeness (QED) is 0.190. The van der Waals surface area contributed by atoms with E-state index in [0.29, 0.717) is 25.2 Å². The van der Waals surface area contributed by atoms with Gasteiger partial charge in [-0.05, 0) is 100 Å². The molecule has 12 nitrogen and oxygen atoms in total. The van der Waals surface area contributed by atoms with Crippen LogP contribution in [0.15, 0.2) is 0 Å². The Morgan fingerprint density at radius 2 is 1.29 bits per heavy atom. The van der Waals surface area contributed by atoms with Gasteiger partial charge in [-0.3, -0.25) is 24.0 Å².